The number of amides is 1. The summed E-state index contributed by atoms with van der Waals surface area (Å²) in [6, 6.07) is 2.96. The third-order valence-electron chi connectivity index (χ3n) is 2.05. The van der Waals surface area contributed by atoms with Crippen LogP contribution in [0.15, 0.2) is 24.7 Å². The topological polar surface area (TPSA) is 108 Å². The molecular weight excluding hydrogens is 260 g/mol. The van der Waals surface area contributed by atoms with Gasteiger partial charge < -0.3 is 15.4 Å². The summed E-state index contributed by atoms with van der Waals surface area (Å²) in [7, 11) is 0. The molecule has 0 aliphatic rings. The monoisotopic (exact) mass is 266 g/mol. The number of aromatic nitrogens is 3. The molecule has 0 aliphatic heterocycles. The van der Waals surface area contributed by atoms with Crippen molar-refractivity contribution in [2.45, 2.75) is 0 Å². The first-order valence-electron chi connectivity index (χ1n) is 4.77. The average Bonchev–Trinajstić information content (AvgIpc) is 2.77. The second-order valence-corrected chi connectivity index (χ2v) is 3.64. The van der Waals surface area contributed by atoms with Crippen LogP contribution in [0.5, 0.6) is 0 Å². The molecule has 18 heavy (non-hydrogen) atoms. The number of pyridine rings is 1. The maximum atomic E-state index is 11.8. The van der Waals surface area contributed by atoms with Gasteiger partial charge in [0.15, 0.2) is 11.4 Å². The Morgan fingerprint density at radius 2 is 2.17 bits per heavy atom. The Bertz CT molecular complexity index is 611. The van der Waals surface area contributed by atoms with Crippen LogP contribution in [0.2, 0.25) is 5.15 Å². The van der Waals surface area contributed by atoms with Crippen molar-refractivity contribution in [2.75, 3.05) is 5.32 Å². The average molecular weight is 267 g/mol. The van der Waals surface area contributed by atoms with Crippen LogP contribution in [0, 0.1) is 0 Å². The molecule has 0 aliphatic carbocycles. The van der Waals surface area contributed by atoms with E-state index in [1.807, 2.05) is 0 Å². The van der Waals surface area contributed by atoms with Crippen LogP contribution < -0.4 is 5.32 Å². The molecule has 92 valence electrons. The molecular formula is C10H7ClN4O3. The van der Waals surface area contributed by atoms with Crippen LogP contribution in [0.4, 0.5) is 5.69 Å². The van der Waals surface area contributed by atoms with Crippen molar-refractivity contribution in [3.63, 3.8) is 0 Å². The maximum absolute atomic E-state index is 11.8. The molecule has 2 heterocycles. The van der Waals surface area contributed by atoms with E-state index in [1.54, 1.807) is 0 Å². The lowest BCUT2D eigenvalue weighted by Gasteiger charge is -2.03. The number of anilines is 1. The molecule has 3 N–H and O–H groups in total. The van der Waals surface area contributed by atoms with Gasteiger partial charge in [0, 0.05) is 11.9 Å². The molecule has 0 unspecified atom stereocenters. The van der Waals surface area contributed by atoms with E-state index in [1.165, 1.54) is 18.3 Å². The molecule has 0 spiro atoms. The third-order valence-corrected chi connectivity index (χ3v) is 2.26. The number of aromatic amines is 1. The highest BCUT2D eigenvalue weighted by atomic mass is 35.5. The Morgan fingerprint density at radius 1 is 1.39 bits per heavy atom. The Hall–Kier alpha value is -2.41. The number of carbonyl (C=O) groups excluding carboxylic acids is 1. The fourth-order valence-corrected chi connectivity index (χ4v) is 1.47. The second kappa shape index (κ2) is 4.84. The highest BCUT2D eigenvalue weighted by Gasteiger charge is 2.19. The maximum Gasteiger partial charge on any atom is 0.354 e. The van der Waals surface area contributed by atoms with Gasteiger partial charge >= 0.3 is 5.97 Å². The number of carboxylic acid groups (broad SMARTS) is 1. The van der Waals surface area contributed by atoms with Crippen LogP contribution in [-0.4, -0.2) is 31.9 Å². The number of rotatable bonds is 3. The van der Waals surface area contributed by atoms with Gasteiger partial charge in [-0.25, -0.2) is 14.8 Å². The van der Waals surface area contributed by atoms with Crippen molar-refractivity contribution in [2.24, 2.45) is 0 Å². The third kappa shape index (κ3) is 2.46. The SMILES string of the molecule is O=C(Nc1ccnc(Cl)c1)c1nc[nH]c1C(=O)O. The van der Waals surface area contributed by atoms with Gasteiger partial charge in [-0.05, 0) is 12.1 Å². The predicted octanol–water partition coefficient (Wildman–Crippen LogP) is 1.41. The molecule has 0 bridgehead atoms. The number of hydrogen-bond acceptors (Lipinski definition) is 4. The highest BCUT2D eigenvalue weighted by Crippen LogP contribution is 2.13. The minimum Gasteiger partial charge on any atom is -0.477 e. The number of H-pyrrole nitrogens is 1. The van der Waals surface area contributed by atoms with Crippen LogP contribution in [0.1, 0.15) is 21.0 Å². The van der Waals surface area contributed by atoms with E-state index in [9.17, 15) is 9.59 Å². The minimum absolute atomic E-state index is 0.199. The number of nitrogens with zero attached hydrogens (tertiary/aromatic N) is 2. The molecule has 2 aromatic heterocycles. The van der Waals surface area contributed by atoms with Gasteiger partial charge in [0.05, 0.1) is 6.33 Å². The fourth-order valence-electron chi connectivity index (χ4n) is 1.30. The molecule has 0 fully saturated rings. The van der Waals surface area contributed by atoms with Crippen LogP contribution >= 0.6 is 11.6 Å². The molecule has 2 rings (SSSR count). The number of halogens is 1. The minimum atomic E-state index is -1.26. The van der Waals surface area contributed by atoms with Crippen LogP contribution in [0.25, 0.3) is 0 Å². The van der Waals surface area contributed by atoms with Gasteiger partial charge in [-0.3, -0.25) is 4.79 Å². The van der Waals surface area contributed by atoms with E-state index in [0.717, 1.165) is 6.33 Å². The Morgan fingerprint density at radius 3 is 2.83 bits per heavy atom. The quantitative estimate of drug-likeness (QED) is 0.728. The first-order chi connectivity index (χ1) is 8.58. The summed E-state index contributed by atoms with van der Waals surface area (Å²) in [6.45, 7) is 0. The summed E-state index contributed by atoms with van der Waals surface area (Å²) in [5, 5.41) is 11.5. The lowest BCUT2D eigenvalue weighted by atomic mass is 10.3. The largest absolute Gasteiger partial charge is 0.477 e. The number of carboxylic acids is 1. The van der Waals surface area contributed by atoms with Crippen LogP contribution in [-0.2, 0) is 0 Å². The van der Waals surface area contributed by atoms with Gasteiger partial charge in [-0.2, -0.15) is 0 Å². The number of carbonyl (C=O) groups is 2. The van der Waals surface area contributed by atoms with Crippen LogP contribution in [0.3, 0.4) is 0 Å². The predicted molar refractivity (Wildman–Crippen MR) is 62.7 cm³/mol. The van der Waals surface area contributed by atoms with E-state index >= 15 is 0 Å². The van der Waals surface area contributed by atoms with Crippen molar-refractivity contribution in [3.8, 4) is 0 Å². The zero-order valence-electron chi connectivity index (χ0n) is 8.85. The summed E-state index contributed by atoms with van der Waals surface area (Å²) in [5.41, 5.74) is -0.0672. The second-order valence-electron chi connectivity index (χ2n) is 3.25. The summed E-state index contributed by atoms with van der Waals surface area (Å²) in [6.07, 6.45) is 2.55. The molecule has 8 heteroatoms. The van der Waals surface area contributed by atoms with Gasteiger partial charge in [-0.15, -0.1) is 0 Å². The molecule has 0 radical (unpaired) electrons. The molecule has 0 aromatic carbocycles. The zero-order chi connectivity index (χ0) is 13.1. The number of nitrogens with one attached hydrogen (secondary N) is 2. The standard InChI is InChI=1S/C10H7ClN4O3/c11-6-3-5(1-2-12-6)15-9(16)7-8(10(17)18)14-4-13-7/h1-4H,(H,13,14)(H,17,18)(H,12,15,16). The molecule has 7 nitrogen and oxygen atoms in total. The Labute approximate surface area is 106 Å². The van der Waals surface area contributed by atoms with E-state index in [0.29, 0.717) is 5.69 Å². The van der Waals surface area contributed by atoms with Crippen molar-refractivity contribution in [1.82, 2.24) is 15.0 Å². The molecule has 0 saturated heterocycles. The Balaban J connectivity index is 2.22. The van der Waals surface area contributed by atoms with E-state index in [2.05, 4.69) is 20.3 Å². The molecule has 1 amide bonds. The van der Waals surface area contributed by atoms with Crippen molar-refractivity contribution in [1.29, 1.82) is 0 Å². The number of imidazole rings is 1. The van der Waals surface area contributed by atoms with Crippen molar-refractivity contribution < 1.29 is 14.7 Å². The summed E-state index contributed by atoms with van der Waals surface area (Å²) < 4.78 is 0. The van der Waals surface area contributed by atoms with Gasteiger partial charge in [0.2, 0.25) is 0 Å². The van der Waals surface area contributed by atoms with E-state index in [4.69, 9.17) is 16.7 Å². The number of aromatic carboxylic acids is 1. The normalized spacial score (nSPS) is 10.1. The molecule has 0 atom stereocenters. The first-order valence-corrected chi connectivity index (χ1v) is 5.15. The molecule has 2 aromatic rings. The van der Waals surface area contributed by atoms with E-state index in [-0.39, 0.29) is 16.5 Å². The fraction of sp³-hybridized carbons (Fsp3) is 0. The summed E-state index contributed by atoms with van der Waals surface area (Å²) in [4.78, 5) is 32.4. The zero-order valence-corrected chi connectivity index (χ0v) is 9.60. The van der Waals surface area contributed by atoms with Gasteiger partial charge in [0.25, 0.3) is 5.91 Å². The van der Waals surface area contributed by atoms with Crippen molar-refractivity contribution >= 4 is 29.2 Å². The highest BCUT2D eigenvalue weighted by molar-refractivity contribution is 6.29. The smallest absolute Gasteiger partial charge is 0.354 e. The first kappa shape index (κ1) is 12.1. The van der Waals surface area contributed by atoms with E-state index < -0.39 is 11.9 Å². The molecule has 0 saturated carbocycles. The lowest BCUT2D eigenvalue weighted by molar-refractivity contribution is 0.0686. The summed E-state index contributed by atoms with van der Waals surface area (Å²) >= 11 is 5.66. The Kier molecular flexibility index (Phi) is 3.24. The summed E-state index contributed by atoms with van der Waals surface area (Å²) in [5.74, 6) is -1.90. The van der Waals surface area contributed by atoms with Gasteiger partial charge in [-0.1, -0.05) is 11.6 Å². The van der Waals surface area contributed by atoms with Gasteiger partial charge in [0.1, 0.15) is 5.15 Å². The lowest BCUT2D eigenvalue weighted by Crippen LogP contribution is -2.16. The van der Waals surface area contributed by atoms with Crippen molar-refractivity contribution in [3.05, 3.63) is 41.2 Å². The number of hydrogen-bond donors (Lipinski definition) is 3.